The highest BCUT2D eigenvalue weighted by atomic mass is 19.3. The fourth-order valence-electron chi connectivity index (χ4n) is 4.92. The van der Waals surface area contributed by atoms with Crippen LogP contribution in [0.3, 0.4) is 0 Å². The summed E-state index contributed by atoms with van der Waals surface area (Å²) < 4.78 is 36.3. The Labute approximate surface area is 177 Å². The van der Waals surface area contributed by atoms with Crippen molar-refractivity contribution in [3.8, 4) is 5.75 Å². The summed E-state index contributed by atoms with van der Waals surface area (Å²) >= 11 is 0. The molecule has 1 aromatic rings. The van der Waals surface area contributed by atoms with E-state index in [9.17, 15) is 24.1 Å². The van der Waals surface area contributed by atoms with Gasteiger partial charge in [-0.15, -0.1) is 0 Å². The minimum Gasteiger partial charge on any atom is -0.435 e. The average Bonchev–Trinajstić information content (AvgIpc) is 2.72. The van der Waals surface area contributed by atoms with Crippen molar-refractivity contribution >= 4 is 0 Å². The van der Waals surface area contributed by atoms with Gasteiger partial charge in [0.1, 0.15) is 30.2 Å². The molecule has 0 unspecified atom stereocenters. The molecular formula is C23H34F2O5. The Morgan fingerprint density at radius 3 is 2.33 bits per heavy atom. The molecule has 0 radical (unpaired) electrons. The maximum absolute atomic E-state index is 12.9. The summed E-state index contributed by atoms with van der Waals surface area (Å²) in [6, 6.07) is 4.79. The number of aliphatic hydroxyl groups excluding tert-OH is 3. The molecule has 0 spiro atoms. The topological polar surface area (TPSA) is 79.2 Å². The zero-order valence-corrected chi connectivity index (χ0v) is 17.7. The van der Waals surface area contributed by atoms with Gasteiger partial charge in [-0.2, -0.15) is 8.78 Å². The maximum Gasteiger partial charge on any atom is 0.387 e. The van der Waals surface area contributed by atoms with Crippen molar-refractivity contribution in [3.63, 3.8) is 0 Å². The first-order chi connectivity index (χ1) is 14.3. The van der Waals surface area contributed by atoms with Gasteiger partial charge in [-0.25, -0.2) is 0 Å². The summed E-state index contributed by atoms with van der Waals surface area (Å²) in [4.78, 5) is 0. The summed E-state index contributed by atoms with van der Waals surface area (Å²) in [5.41, 5.74) is 1.24. The third-order valence-electron chi connectivity index (χ3n) is 6.65. The van der Waals surface area contributed by atoms with Crippen LogP contribution in [0, 0.1) is 11.8 Å². The second-order valence-electron chi connectivity index (χ2n) is 8.86. The van der Waals surface area contributed by atoms with Crippen LogP contribution in [0.1, 0.15) is 69.6 Å². The van der Waals surface area contributed by atoms with Crippen LogP contribution in [0.5, 0.6) is 5.75 Å². The molecule has 5 nitrogen and oxygen atoms in total. The second kappa shape index (κ2) is 10.4. The van der Waals surface area contributed by atoms with Gasteiger partial charge < -0.3 is 24.8 Å². The van der Waals surface area contributed by atoms with Crippen molar-refractivity contribution in [2.24, 2.45) is 11.8 Å². The summed E-state index contributed by atoms with van der Waals surface area (Å²) in [5, 5.41) is 30.4. The zero-order chi connectivity index (χ0) is 21.8. The number of benzene rings is 1. The normalized spacial score (nSPS) is 34.9. The van der Waals surface area contributed by atoms with Gasteiger partial charge in [-0.3, -0.25) is 0 Å². The van der Waals surface area contributed by atoms with Crippen LogP contribution in [-0.4, -0.2) is 46.3 Å². The van der Waals surface area contributed by atoms with Crippen LogP contribution in [0.15, 0.2) is 18.2 Å². The van der Waals surface area contributed by atoms with E-state index in [1.165, 1.54) is 18.9 Å². The number of alkyl halides is 2. The van der Waals surface area contributed by atoms with Crippen LogP contribution in [0.25, 0.3) is 0 Å². The van der Waals surface area contributed by atoms with Gasteiger partial charge >= 0.3 is 6.61 Å². The van der Waals surface area contributed by atoms with E-state index in [-0.39, 0.29) is 5.75 Å². The van der Waals surface area contributed by atoms with Crippen LogP contribution in [0.2, 0.25) is 0 Å². The first-order valence-electron chi connectivity index (χ1n) is 11.1. The highest BCUT2D eigenvalue weighted by Gasteiger charge is 2.42. The molecule has 2 fully saturated rings. The molecule has 3 rings (SSSR count). The molecule has 7 heteroatoms. The van der Waals surface area contributed by atoms with Gasteiger partial charge in [0.05, 0.1) is 6.10 Å². The van der Waals surface area contributed by atoms with Gasteiger partial charge in [-0.05, 0) is 61.3 Å². The van der Waals surface area contributed by atoms with Crippen molar-refractivity contribution in [2.75, 3.05) is 0 Å². The van der Waals surface area contributed by atoms with Gasteiger partial charge in [0.2, 0.25) is 0 Å². The zero-order valence-electron chi connectivity index (χ0n) is 17.7. The first kappa shape index (κ1) is 23.4. The smallest absolute Gasteiger partial charge is 0.387 e. The van der Waals surface area contributed by atoms with Crippen molar-refractivity contribution in [1.29, 1.82) is 0 Å². The van der Waals surface area contributed by atoms with Crippen LogP contribution in [-0.2, 0) is 11.2 Å². The first-order valence-corrected chi connectivity index (χ1v) is 11.1. The van der Waals surface area contributed by atoms with Crippen molar-refractivity contribution in [2.45, 2.75) is 95.9 Å². The number of halogens is 2. The Bertz CT molecular complexity index is 678. The van der Waals surface area contributed by atoms with E-state index >= 15 is 0 Å². The molecule has 30 heavy (non-hydrogen) atoms. The standard InChI is InChI=1S/C23H34F2O5/c1-3-4-14-5-7-15(8-6-14)11-17-12-16(9-10-18(17)30-23(24)25)22-21(28)20(27)19(26)13(2)29-22/h9-10,12-15,19-23,26-28H,3-8,11H2,1-2H3/t13-,14?,15?,19-,20+,21-,22+/m1/s1. The highest BCUT2D eigenvalue weighted by Crippen LogP contribution is 2.38. The molecule has 1 heterocycles. The van der Waals surface area contributed by atoms with Crippen LogP contribution < -0.4 is 4.74 Å². The van der Waals surface area contributed by atoms with Gasteiger partial charge in [-0.1, -0.05) is 38.7 Å². The average molecular weight is 429 g/mol. The van der Waals surface area contributed by atoms with Gasteiger partial charge in [0.25, 0.3) is 0 Å². The minimum atomic E-state index is -2.91. The van der Waals surface area contributed by atoms with E-state index in [2.05, 4.69) is 6.92 Å². The summed E-state index contributed by atoms with van der Waals surface area (Å²) in [7, 11) is 0. The fourth-order valence-corrected chi connectivity index (χ4v) is 4.92. The van der Waals surface area contributed by atoms with Crippen LogP contribution >= 0.6 is 0 Å². The minimum absolute atomic E-state index is 0.142. The molecule has 1 saturated carbocycles. The molecule has 1 aliphatic heterocycles. The molecular weight excluding hydrogens is 394 g/mol. The van der Waals surface area contributed by atoms with Crippen molar-refractivity contribution < 1.29 is 33.6 Å². The molecule has 1 aromatic carbocycles. The fraction of sp³-hybridized carbons (Fsp3) is 0.739. The Hall–Kier alpha value is -1.28. The lowest BCUT2D eigenvalue weighted by molar-refractivity contribution is -0.219. The van der Waals surface area contributed by atoms with Crippen molar-refractivity contribution in [3.05, 3.63) is 29.3 Å². The Kier molecular flexibility index (Phi) is 8.07. The van der Waals surface area contributed by atoms with Crippen molar-refractivity contribution in [1.82, 2.24) is 0 Å². The Balaban J connectivity index is 1.78. The van der Waals surface area contributed by atoms with Crippen LogP contribution in [0.4, 0.5) is 8.78 Å². The lowest BCUT2D eigenvalue weighted by atomic mass is 9.77. The van der Waals surface area contributed by atoms with E-state index < -0.39 is 37.1 Å². The number of rotatable bonds is 7. The molecule has 1 aliphatic carbocycles. The molecule has 1 saturated heterocycles. The number of aliphatic hydroxyl groups is 3. The second-order valence-corrected chi connectivity index (χ2v) is 8.86. The lowest BCUT2D eigenvalue weighted by Crippen LogP contribution is -2.53. The van der Waals surface area contributed by atoms with E-state index in [1.54, 1.807) is 19.1 Å². The number of ether oxygens (including phenoxy) is 2. The lowest BCUT2D eigenvalue weighted by Gasteiger charge is -2.39. The summed E-state index contributed by atoms with van der Waals surface area (Å²) in [5.74, 6) is 1.30. The largest absolute Gasteiger partial charge is 0.435 e. The monoisotopic (exact) mass is 428 g/mol. The van der Waals surface area contributed by atoms with Gasteiger partial charge in [0, 0.05) is 0 Å². The SMILES string of the molecule is CCCC1CCC(Cc2cc([C@@H]3O[C@H](C)[C@@H](O)[C@H](O)[C@H]3O)ccc2OC(F)F)CC1. The Morgan fingerprint density at radius 2 is 1.70 bits per heavy atom. The molecule has 5 atom stereocenters. The van der Waals surface area contributed by atoms with E-state index in [1.807, 2.05) is 0 Å². The summed E-state index contributed by atoms with van der Waals surface area (Å²) in [6.45, 7) is 0.907. The van der Waals surface area contributed by atoms with E-state index in [0.717, 1.165) is 31.6 Å². The molecule has 2 aliphatic rings. The predicted octanol–water partition coefficient (Wildman–Crippen LogP) is 3.98. The molecule has 3 N–H and O–H groups in total. The predicted molar refractivity (Wildman–Crippen MR) is 108 cm³/mol. The third-order valence-corrected chi connectivity index (χ3v) is 6.65. The number of hydrogen-bond donors (Lipinski definition) is 3. The summed E-state index contributed by atoms with van der Waals surface area (Å²) in [6.07, 6.45) is 2.15. The van der Waals surface area contributed by atoms with Gasteiger partial charge in [0.15, 0.2) is 0 Å². The number of hydrogen-bond acceptors (Lipinski definition) is 5. The Morgan fingerprint density at radius 1 is 1.03 bits per heavy atom. The highest BCUT2D eigenvalue weighted by molar-refractivity contribution is 5.39. The quantitative estimate of drug-likeness (QED) is 0.612. The molecule has 170 valence electrons. The molecule has 0 aromatic heterocycles. The molecule has 0 bridgehead atoms. The van der Waals surface area contributed by atoms with E-state index in [4.69, 9.17) is 9.47 Å². The van der Waals surface area contributed by atoms with E-state index in [0.29, 0.717) is 23.5 Å². The third kappa shape index (κ3) is 5.49. The maximum atomic E-state index is 12.9. The molecule has 0 amide bonds.